The lowest BCUT2D eigenvalue weighted by Gasteiger charge is -2.49. The smallest absolute Gasteiger partial charge is 0.227 e. The number of hydrogen-bond donors (Lipinski definition) is 0. The maximum atomic E-state index is 12.6. The molecule has 0 aromatic carbocycles. The molecule has 0 aliphatic carbocycles. The van der Waals surface area contributed by atoms with Gasteiger partial charge in [-0.2, -0.15) is 0 Å². The van der Waals surface area contributed by atoms with E-state index in [1.807, 2.05) is 17.0 Å². The fourth-order valence-electron chi connectivity index (χ4n) is 4.80. The molecule has 0 radical (unpaired) electrons. The highest BCUT2D eigenvalue weighted by Gasteiger charge is 2.42. The number of hydrogen-bond acceptors (Lipinski definition) is 5. The Balaban J connectivity index is 1.30. The standard InChI is InChI=1S/C21H32N4O2/c1-23-10-12-24(13-11-23)19-4-14-27-21(16-19)5-8-25(9-6-21)20(26)15-18-3-2-7-22-17-18/h2-3,7,17,19H,4-6,8-16H2,1H3. The van der Waals surface area contributed by atoms with Crippen LogP contribution in [0, 0.1) is 0 Å². The third kappa shape index (κ3) is 4.50. The average molecular weight is 373 g/mol. The molecule has 3 fully saturated rings. The van der Waals surface area contributed by atoms with Crippen molar-refractivity contribution in [1.29, 1.82) is 0 Å². The fourth-order valence-corrected chi connectivity index (χ4v) is 4.80. The topological polar surface area (TPSA) is 48.9 Å². The molecule has 27 heavy (non-hydrogen) atoms. The first-order chi connectivity index (χ1) is 13.1. The van der Waals surface area contributed by atoms with E-state index in [0.29, 0.717) is 12.5 Å². The normalized spacial score (nSPS) is 27.0. The van der Waals surface area contributed by atoms with Gasteiger partial charge < -0.3 is 14.5 Å². The minimum absolute atomic E-state index is 0.0165. The predicted octanol–water partition coefficient (Wildman–Crippen LogP) is 1.41. The van der Waals surface area contributed by atoms with Gasteiger partial charge >= 0.3 is 0 Å². The third-order valence-corrected chi connectivity index (χ3v) is 6.63. The third-order valence-electron chi connectivity index (χ3n) is 6.63. The first-order valence-electron chi connectivity index (χ1n) is 10.4. The number of amides is 1. The van der Waals surface area contributed by atoms with Crippen molar-refractivity contribution in [2.75, 3.05) is 52.9 Å². The summed E-state index contributed by atoms with van der Waals surface area (Å²) in [7, 11) is 2.21. The summed E-state index contributed by atoms with van der Waals surface area (Å²) < 4.78 is 6.31. The van der Waals surface area contributed by atoms with E-state index >= 15 is 0 Å². The summed E-state index contributed by atoms with van der Waals surface area (Å²) in [5.74, 6) is 0.212. The second kappa shape index (κ2) is 8.25. The molecule has 148 valence electrons. The van der Waals surface area contributed by atoms with E-state index in [-0.39, 0.29) is 11.5 Å². The Morgan fingerprint density at radius 2 is 2.00 bits per heavy atom. The molecular weight excluding hydrogens is 340 g/mol. The van der Waals surface area contributed by atoms with Crippen LogP contribution in [0.25, 0.3) is 0 Å². The number of rotatable bonds is 3. The van der Waals surface area contributed by atoms with Crippen LogP contribution in [0.5, 0.6) is 0 Å². The van der Waals surface area contributed by atoms with Crippen molar-refractivity contribution in [1.82, 2.24) is 19.7 Å². The molecule has 4 rings (SSSR count). The fraction of sp³-hybridized carbons (Fsp3) is 0.714. The zero-order valence-electron chi connectivity index (χ0n) is 16.5. The summed E-state index contributed by atoms with van der Waals surface area (Å²) in [6.45, 7) is 7.17. The first kappa shape index (κ1) is 18.8. The molecule has 3 saturated heterocycles. The molecule has 6 heteroatoms. The summed E-state index contributed by atoms with van der Waals surface area (Å²) >= 11 is 0. The van der Waals surface area contributed by atoms with Gasteiger partial charge in [-0.05, 0) is 44.4 Å². The molecule has 1 atom stereocenters. The van der Waals surface area contributed by atoms with Crippen molar-refractivity contribution in [3.8, 4) is 0 Å². The largest absolute Gasteiger partial charge is 0.375 e. The molecule has 1 aromatic rings. The maximum Gasteiger partial charge on any atom is 0.227 e. The number of aromatic nitrogens is 1. The lowest BCUT2D eigenvalue weighted by molar-refractivity contribution is -0.149. The van der Waals surface area contributed by atoms with Crippen LogP contribution in [-0.2, 0) is 16.0 Å². The van der Waals surface area contributed by atoms with Crippen molar-refractivity contribution < 1.29 is 9.53 Å². The lowest BCUT2D eigenvalue weighted by Crippen LogP contribution is -2.57. The minimum atomic E-state index is -0.0165. The number of piperazine rings is 1. The van der Waals surface area contributed by atoms with Gasteiger partial charge in [0, 0.05) is 64.3 Å². The lowest BCUT2D eigenvalue weighted by atomic mass is 9.81. The highest BCUT2D eigenvalue weighted by Crippen LogP contribution is 2.37. The molecule has 1 spiro atoms. The van der Waals surface area contributed by atoms with E-state index in [1.54, 1.807) is 12.4 Å². The van der Waals surface area contributed by atoms with Crippen LogP contribution in [0.3, 0.4) is 0 Å². The quantitative estimate of drug-likeness (QED) is 0.803. The number of carbonyl (C=O) groups excluding carboxylic acids is 1. The maximum absolute atomic E-state index is 12.6. The Labute approximate surface area is 162 Å². The monoisotopic (exact) mass is 372 g/mol. The molecule has 4 heterocycles. The minimum Gasteiger partial charge on any atom is -0.375 e. The van der Waals surface area contributed by atoms with E-state index in [9.17, 15) is 4.79 Å². The Morgan fingerprint density at radius 1 is 1.22 bits per heavy atom. The molecule has 1 aromatic heterocycles. The van der Waals surface area contributed by atoms with Gasteiger partial charge in [0.05, 0.1) is 12.0 Å². The second-order valence-corrected chi connectivity index (χ2v) is 8.44. The molecule has 6 nitrogen and oxygen atoms in total. The van der Waals surface area contributed by atoms with Crippen LogP contribution in [0.15, 0.2) is 24.5 Å². The zero-order valence-corrected chi connectivity index (χ0v) is 16.5. The van der Waals surface area contributed by atoms with Crippen molar-refractivity contribution in [3.05, 3.63) is 30.1 Å². The van der Waals surface area contributed by atoms with Crippen LogP contribution in [0.4, 0.5) is 0 Å². The summed E-state index contributed by atoms with van der Waals surface area (Å²) in [4.78, 5) is 23.8. The molecule has 3 aliphatic rings. The van der Waals surface area contributed by atoms with Crippen LogP contribution in [0.1, 0.15) is 31.2 Å². The van der Waals surface area contributed by atoms with Crippen molar-refractivity contribution in [3.63, 3.8) is 0 Å². The summed E-state index contributed by atoms with van der Waals surface area (Å²) in [6, 6.07) is 4.51. The molecule has 1 amide bonds. The summed E-state index contributed by atoms with van der Waals surface area (Å²) in [6.07, 6.45) is 8.19. The number of pyridine rings is 1. The van der Waals surface area contributed by atoms with Crippen molar-refractivity contribution in [2.45, 2.75) is 43.7 Å². The Kier molecular flexibility index (Phi) is 5.76. The van der Waals surface area contributed by atoms with Crippen molar-refractivity contribution >= 4 is 5.91 Å². The Morgan fingerprint density at radius 3 is 2.70 bits per heavy atom. The predicted molar refractivity (Wildman–Crippen MR) is 105 cm³/mol. The van der Waals surface area contributed by atoms with Gasteiger partial charge in [-0.25, -0.2) is 0 Å². The Hall–Kier alpha value is -1.50. The van der Waals surface area contributed by atoms with E-state index in [1.165, 1.54) is 26.2 Å². The van der Waals surface area contributed by atoms with Crippen LogP contribution in [-0.4, -0.2) is 90.2 Å². The van der Waals surface area contributed by atoms with Gasteiger partial charge in [-0.3, -0.25) is 14.7 Å². The summed E-state index contributed by atoms with van der Waals surface area (Å²) in [5, 5.41) is 0. The van der Waals surface area contributed by atoms with Gasteiger partial charge in [0.15, 0.2) is 0 Å². The molecule has 0 bridgehead atoms. The number of nitrogens with zero attached hydrogens (tertiary/aromatic N) is 4. The van der Waals surface area contributed by atoms with Crippen molar-refractivity contribution in [2.24, 2.45) is 0 Å². The zero-order chi connectivity index (χ0) is 18.7. The molecule has 3 aliphatic heterocycles. The highest BCUT2D eigenvalue weighted by molar-refractivity contribution is 5.78. The molecule has 0 saturated carbocycles. The number of ether oxygens (including phenoxy) is 1. The van der Waals surface area contributed by atoms with E-state index in [4.69, 9.17) is 4.74 Å². The number of likely N-dealkylation sites (N-methyl/N-ethyl adjacent to an activating group) is 1. The van der Waals surface area contributed by atoms with E-state index < -0.39 is 0 Å². The SMILES string of the molecule is CN1CCN(C2CCOC3(CCN(C(=O)Cc4cccnc4)CC3)C2)CC1. The van der Waals surface area contributed by atoms with Gasteiger partial charge in [0.25, 0.3) is 0 Å². The average Bonchev–Trinajstić information content (AvgIpc) is 2.70. The summed E-state index contributed by atoms with van der Waals surface area (Å²) in [5.41, 5.74) is 0.976. The van der Waals surface area contributed by atoms with Gasteiger partial charge in [0.2, 0.25) is 5.91 Å². The Bertz CT molecular complexity index is 622. The molecule has 0 N–H and O–H groups in total. The molecule has 1 unspecified atom stereocenters. The van der Waals surface area contributed by atoms with Gasteiger partial charge in [-0.15, -0.1) is 0 Å². The van der Waals surface area contributed by atoms with Gasteiger partial charge in [0.1, 0.15) is 0 Å². The van der Waals surface area contributed by atoms with Gasteiger partial charge in [-0.1, -0.05) is 6.07 Å². The highest BCUT2D eigenvalue weighted by atomic mass is 16.5. The van der Waals surface area contributed by atoms with E-state index in [0.717, 1.165) is 50.9 Å². The number of piperidine rings is 1. The van der Waals surface area contributed by atoms with Crippen LogP contribution >= 0.6 is 0 Å². The number of likely N-dealkylation sites (tertiary alicyclic amines) is 1. The second-order valence-electron chi connectivity index (χ2n) is 8.44. The number of carbonyl (C=O) groups is 1. The van der Waals surface area contributed by atoms with Crippen LogP contribution < -0.4 is 0 Å². The van der Waals surface area contributed by atoms with E-state index in [2.05, 4.69) is 21.8 Å². The van der Waals surface area contributed by atoms with Crippen LogP contribution in [0.2, 0.25) is 0 Å². The molecular formula is C21H32N4O2. The first-order valence-corrected chi connectivity index (χ1v) is 10.4.